The summed E-state index contributed by atoms with van der Waals surface area (Å²) >= 11 is 0. The van der Waals surface area contributed by atoms with E-state index < -0.39 is 5.97 Å². The fourth-order valence-corrected chi connectivity index (χ4v) is 2.56. The zero-order valence-corrected chi connectivity index (χ0v) is 13.0. The Hall–Kier alpha value is -3.74. The van der Waals surface area contributed by atoms with Crippen molar-refractivity contribution in [2.45, 2.75) is 0 Å². The van der Waals surface area contributed by atoms with E-state index in [1.165, 1.54) is 18.5 Å². The third-order valence-corrected chi connectivity index (χ3v) is 3.73. The number of hydrogen-bond donors (Lipinski definition) is 1. The Labute approximate surface area is 142 Å². The molecule has 0 saturated heterocycles. The van der Waals surface area contributed by atoms with Crippen molar-refractivity contribution in [2.24, 2.45) is 0 Å². The van der Waals surface area contributed by atoms with E-state index in [2.05, 4.69) is 20.4 Å². The second kappa shape index (κ2) is 6.04. The van der Waals surface area contributed by atoms with Crippen molar-refractivity contribution in [3.05, 3.63) is 72.7 Å². The second-order valence-corrected chi connectivity index (χ2v) is 5.34. The minimum Gasteiger partial charge on any atom is -0.545 e. The molecule has 122 valence electrons. The van der Waals surface area contributed by atoms with Crippen LogP contribution in [0.1, 0.15) is 10.4 Å². The Morgan fingerprint density at radius 2 is 1.88 bits per heavy atom. The number of aromatic carboxylic acids is 1. The third kappa shape index (κ3) is 2.78. The van der Waals surface area contributed by atoms with Gasteiger partial charge in [0, 0.05) is 5.69 Å². The number of carboxylic acid groups (broad SMARTS) is 1. The van der Waals surface area contributed by atoms with Gasteiger partial charge in [-0.1, -0.05) is 30.3 Å². The van der Waals surface area contributed by atoms with Gasteiger partial charge in [0.1, 0.15) is 12.1 Å². The van der Waals surface area contributed by atoms with E-state index in [1.807, 2.05) is 30.3 Å². The van der Waals surface area contributed by atoms with Crippen molar-refractivity contribution in [1.29, 1.82) is 0 Å². The van der Waals surface area contributed by atoms with Crippen LogP contribution in [-0.4, -0.2) is 25.7 Å². The first kappa shape index (κ1) is 14.8. The highest BCUT2D eigenvalue weighted by Crippen LogP contribution is 2.24. The fourth-order valence-electron chi connectivity index (χ4n) is 2.56. The van der Waals surface area contributed by atoms with Crippen molar-refractivity contribution >= 4 is 28.5 Å². The molecule has 4 aromatic rings. The molecule has 1 N–H and O–H groups in total. The van der Waals surface area contributed by atoms with Gasteiger partial charge in [0.05, 0.1) is 23.2 Å². The van der Waals surface area contributed by atoms with Crippen LogP contribution in [-0.2, 0) is 0 Å². The number of benzene rings is 2. The largest absolute Gasteiger partial charge is 0.545 e. The number of nitrogens with one attached hydrogen (secondary N) is 1. The number of carbonyl (C=O) groups excluding carboxylic acids is 1. The van der Waals surface area contributed by atoms with Gasteiger partial charge in [-0.15, -0.1) is 0 Å². The van der Waals surface area contributed by atoms with Crippen molar-refractivity contribution in [3.63, 3.8) is 0 Å². The number of anilines is 2. The Morgan fingerprint density at radius 3 is 2.68 bits per heavy atom. The van der Waals surface area contributed by atoms with E-state index in [4.69, 9.17) is 0 Å². The van der Waals surface area contributed by atoms with Crippen LogP contribution in [0.3, 0.4) is 0 Å². The molecule has 4 rings (SSSR count). The van der Waals surface area contributed by atoms with Crippen molar-refractivity contribution in [3.8, 4) is 5.69 Å². The van der Waals surface area contributed by atoms with E-state index in [0.29, 0.717) is 17.2 Å². The summed E-state index contributed by atoms with van der Waals surface area (Å²) in [6.45, 7) is 0. The molecular formula is C18H12N5O2-. The number of para-hydroxylation sites is 1. The highest BCUT2D eigenvalue weighted by molar-refractivity contribution is 5.91. The predicted molar refractivity (Wildman–Crippen MR) is 90.7 cm³/mol. The summed E-state index contributed by atoms with van der Waals surface area (Å²) < 4.78 is 1.72. The summed E-state index contributed by atoms with van der Waals surface area (Å²) in [4.78, 5) is 19.6. The maximum Gasteiger partial charge on any atom is 0.168 e. The van der Waals surface area contributed by atoms with Gasteiger partial charge in [-0.25, -0.2) is 14.6 Å². The predicted octanol–water partition coefficient (Wildman–Crippen LogP) is 1.92. The van der Waals surface area contributed by atoms with Gasteiger partial charge in [-0.2, -0.15) is 5.10 Å². The second-order valence-electron chi connectivity index (χ2n) is 5.34. The lowest BCUT2D eigenvalue weighted by molar-refractivity contribution is -0.255. The Kier molecular flexibility index (Phi) is 3.59. The zero-order valence-electron chi connectivity index (χ0n) is 13.0. The molecule has 2 aromatic heterocycles. The minimum absolute atomic E-state index is 0.0929. The number of carbonyl (C=O) groups is 1. The average Bonchev–Trinajstić information content (AvgIpc) is 3.08. The molecule has 0 aliphatic carbocycles. The van der Waals surface area contributed by atoms with Gasteiger partial charge < -0.3 is 15.2 Å². The molecule has 0 radical (unpaired) electrons. The summed E-state index contributed by atoms with van der Waals surface area (Å²) in [6, 6.07) is 16.0. The molecule has 2 aromatic carbocycles. The molecule has 0 bridgehead atoms. The maximum atomic E-state index is 11.0. The number of fused-ring (bicyclic) bond motifs is 1. The van der Waals surface area contributed by atoms with E-state index in [-0.39, 0.29) is 5.56 Å². The van der Waals surface area contributed by atoms with Crippen LogP contribution in [0.2, 0.25) is 0 Å². The van der Waals surface area contributed by atoms with Crippen molar-refractivity contribution in [1.82, 2.24) is 19.7 Å². The molecule has 0 saturated carbocycles. The standard InChI is InChI=1S/C18H13N5O2/c24-18(25)12-5-4-6-13(9-12)22-16-15-10-21-23(17(15)20-11-19-16)14-7-2-1-3-8-14/h1-11H,(H,24,25)(H,19,20,22)/p-1. The molecule has 2 heterocycles. The molecule has 0 spiro atoms. The fraction of sp³-hybridized carbons (Fsp3) is 0. The number of nitrogens with zero attached hydrogens (tertiary/aromatic N) is 4. The monoisotopic (exact) mass is 330 g/mol. The quantitative estimate of drug-likeness (QED) is 0.614. The lowest BCUT2D eigenvalue weighted by Crippen LogP contribution is -2.22. The van der Waals surface area contributed by atoms with Crippen LogP contribution in [0.25, 0.3) is 16.7 Å². The van der Waals surface area contributed by atoms with Crippen molar-refractivity contribution < 1.29 is 9.90 Å². The van der Waals surface area contributed by atoms with Crippen LogP contribution in [0.15, 0.2) is 67.1 Å². The number of aromatic nitrogens is 4. The van der Waals surface area contributed by atoms with Crippen molar-refractivity contribution in [2.75, 3.05) is 5.32 Å². The van der Waals surface area contributed by atoms with E-state index in [0.717, 1.165) is 11.1 Å². The van der Waals surface area contributed by atoms with Crippen LogP contribution < -0.4 is 10.4 Å². The Morgan fingerprint density at radius 1 is 1.04 bits per heavy atom. The number of carboxylic acids is 1. The lowest BCUT2D eigenvalue weighted by atomic mass is 10.2. The molecular weight excluding hydrogens is 318 g/mol. The molecule has 0 amide bonds. The first-order valence-electron chi connectivity index (χ1n) is 7.55. The number of hydrogen-bond acceptors (Lipinski definition) is 6. The van der Waals surface area contributed by atoms with Gasteiger partial charge in [0.25, 0.3) is 0 Å². The normalized spacial score (nSPS) is 10.7. The molecule has 0 unspecified atom stereocenters. The average molecular weight is 330 g/mol. The Bertz CT molecular complexity index is 1060. The molecule has 0 aliphatic heterocycles. The third-order valence-electron chi connectivity index (χ3n) is 3.73. The van der Waals surface area contributed by atoms with Gasteiger partial charge in [0.15, 0.2) is 5.65 Å². The van der Waals surface area contributed by atoms with Gasteiger partial charge >= 0.3 is 0 Å². The molecule has 0 fully saturated rings. The Balaban J connectivity index is 1.75. The SMILES string of the molecule is O=C([O-])c1cccc(Nc2ncnc3c2cnn3-c2ccccc2)c1. The van der Waals surface area contributed by atoms with Crippen LogP contribution in [0.4, 0.5) is 11.5 Å². The first-order chi connectivity index (χ1) is 12.2. The minimum atomic E-state index is -1.23. The highest BCUT2D eigenvalue weighted by atomic mass is 16.4. The summed E-state index contributed by atoms with van der Waals surface area (Å²) in [5.74, 6) is -0.684. The lowest BCUT2D eigenvalue weighted by Gasteiger charge is -2.09. The zero-order chi connectivity index (χ0) is 17.2. The van der Waals surface area contributed by atoms with Crippen LogP contribution in [0.5, 0.6) is 0 Å². The molecule has 0 atom stereocenters. The van der Waals surface area contributed by atoms with Gasteiger partial charge in [0.2, 0.25) is 0 Å². The van der Waals surface area contributed by atoms with E-state index in [9.17, 15) is 9.90 Å². The summed E-state index contributed by atoms with van der Waals surface area (Å²) in [6.07, 6.45) is 3.11. The summed E-state index contributed by atoms with van der Waals surface area (Å²) in [5.41, 5.74) is 2.23. The van der Waals surface area contributed by atoms with E-state index in [1.54, 1.807) is 23.0 Å². The smallest absolute Gasteiger partial charge is 0.168 e. The summed E-state index contributed by atoms with van der Waals surface area (Å²) in [7, 11) is 0. The number of rotatable bonds is 4. The molecule has 0 aliphatic rings. The van der Waals surface area contributed by atoms with Crippen LogP contribution in [0, 0.1) is 0 Å². The van der Waals surface area contributed by atoms with Gasteiger partial charge in [-0.3, -0.25) is 0 Å². The van der Waals surface area contributed by atoms with Crippen LogP contribution >= 0.6 is 0 Å². The first-order valence-corrected chi connectivity index (χ1v) is 7.55. The van der Waals surface area contributed by atoms with Gasteiger partial charge in [-0.05, 0) is 29.8 Å². The molecule has 7 heteroatoms. The highest BCUT2D eigenvalue weighted by Gasteiger charge is 2.11. The topological polar surface area (TPSA) is 95.8 Å². The maximum absolute atomic E-state index is 11.0. The summed E-state index contributed by atoms with van der Waals surface area (Å²) in [5, 5.41) is 19.2. The van der Waals surface area contributed by atoms with E-state index >= 15 is 0 Å². The molecule has 7 nitrogen and oxygen atoms in total. The molecule has 25 heavy (non-hydrogen) atoms.